The molecule has 0 aliphatic carbocycles. The first-order valence-electron chi connectivity index (χ1n) is 8.80. The lowest BCUT2D eigenvalue weighted by atomic mass is 10.0. The van der Waals surface area contributed by atoms with Crippen molar-refractivity contribution in [2.24, 2.45) is 0 Å². The second-order valence-corrected chi connectivity index (χ2v) is 7.33. The zero-order valence-electron chi connectivity index (χ0n) is 14.6. The van der Waals surface area contributed by atoms with Crippen LogP contribution in [0.15, 0.2) is 28.1 Å². The lowest BCUT2D eigenvalue weighted by Gasteiger charge is -2.33. The van der Waals surface area contributed by atoms with Crippen molar-refractivity contribution >= 4 is 17.2 Å². The van der Waals surface area contributed by atoms with E-state index in [2.05, 4.69) is 22.3 Å². The zero-order valence-corrected chi connectivity index (χ0v) is 15.4. The van der Waals surface area contributed by atoms with E-state index in [1.807, 2.05) is 23.6 Å². The highest BCUT2D eigenvalue weighted by molar-refractivity contribution is 7.13. The first kappa shape index (κ1) is 18.1. The van der Waals surface area contributed by atoms with Gasteiger partial charge in [0.1, 0.15) is 12.3 Å². The van der Waals surface area contributed by atoms with E-state index in [4.69, 9.17) is 9.26 Å². The Kier molecular flexibility index (Phi) is 6.61. The number of aromatic nitrogens is 1. The maximum Gasteiger partial charge on any atom is 0.246 e. The largest absolute Gasteiger partial charge is 0.365 e. The van der Waals surface area contributed by atoms with Gasteiger partial charge < -0.3 is 14.6 Å². The lowest BCUT2D eigenvalue weighted by Crippen LogP contribution is -2.43. The number of carbonyl (C=O) groups is 1. The predicted molar refractivity (Wildman–Crippen MR) is 97.4 cm³/mol. The molecule has 1 amide bonds. The van der Waals surface area contributed by atoms with Crippen LogP contribution in [0, 0.1) is 0 Å². The van der Waals surface area contributed by atoms with Gasteiger partial charge in [-0.15, -0.1) is 11.3 Å². The molecule has 0 radical (unpaired) electrons. The van der Waals surface area contributed by atoms with E-state index >= 15 is 0 Å². The molecule has 2 aromatic heterocycles. The van der Waals surface area contributed by atoms with Crippen LogP contribution in [0.3, 0.4) is 0 Å². The fourth-order valence-electron chi connectivity index (χ4n) is 3.04. The Balaban J connectivity index is 1.31. The summed E-state index contributed by atoms with van der Waals surface area (Å²) in [7, 11) is 0. The van der Waals surface area contributed by atoms with Crippen LogP contribution in [0.1, 0.15) is 31.9 Å². The second-order valence-electron chi connectivity index (χ2n) is 6.38. The summed E-state index contributed by atoms with van der Waals surface area (Å²) in [6, 6.07) is 6.41. The van der Waals surface area contributed by atoms with Gasteiger partial charge in [0.25, 0.3) is 0 Å². The molecule has 1 aliphatic rings. The topological polar surface area (TPSA) is 67.6 Å². The van der Waals surface area contributed by atoms with Crippen LogP contribution in [-0.4, -0.2) is 48.2 Å². The minimum absolute atomic E-state index is 0.0384. The van der Waals surface area contributed by atoms with Crippen LogP contribution in [0.2, 0.25) is 0 Å². The lowest BCUT2D eigenvalue weighted by molar-refractivity contribution is -0.126. The van der Waals surface area contributed by atoms with E-state index in [-0.39, 0.29) is 19.1 Å². The summed E-state index contributed by atoms with van der Waals surface area (Å²) in [6.07, 6.45) is 3.82. The number of carbonyl (C=O) groups excluding carboxylic acids is 1. The van der Waals surface area contributed by atoms with Crippen molar-refractivity contribution in [1.82, 2.24) is 15.4 Å². The van der Waals surface area contributed by atoms with E-state index < -0.39 is 0 Å². The van der Waals surface area contributed by atoms with Crippen molar-refractivity contribution < 1.29 is 14.1 Å². The first-order valence-corrected chi connectivity index (χ1v) is 9.68. The van der Waals surface area contributed by atoms with Crippen molar-refractivity contribution in [2.45, 2.75) is 38.8 Å². The number of likely N-dealkylation sites (tertiary alicyclic amines) is 1. The fourth-order valence-corrected chi connectivity index (χ4v) is 3.72. The molecule has 6 nitrogen and oxygen atoms in total. The molecule has 0 saturated carbocycles. The molecule has 7 heteroatoms. The summed E-state index contributed by atoms with van der Waals surface area (Å²) in [5.74, 6) is 0.639. The fraction of sp³-hybridized carbons (Fsp3) is 0.556. The van der Waals surface area contributed by atoms with Gasteiger partial charge in [-0.1, -0.05) is 17.6 Å². The number of piperidine rings is 1. The molecule has 0 bridgehead atoms. The Morgan fingerprint density at radius 3 is 3.24 bits per heavy atom. The Morgan fingerprint density at radius 1 is 1.52 bits per heavy atom. The normalized spacial score (nSPS) is 18.4. The molecule has 1 fully saturated rings. The second kappa shape index (κ2) is 9.12. The van der Waals surface area contributed by atoms with Crippen molar-refractivity contribution in [3.8, 4) is 10.6 Å². The Labute approximate surface area is 152 Å². The molecule has 3 rings (SSSR count). The van der Waals surface area contributed by atoms with Gasteiger partial charge in [-0.25, -0.2) is 0 Å². The standard InChI is InChI=1S/C18H25N3O3S/c1-14-5-2-3-8-21(14)9-7-19-18(22)13-23-12-15-11-16(24-20-15)17-6-4-10-25-17/h4,6,10-11,14H,2-3,5,7-9,12-13H2,1H3,(H,19,22). The molecular weight excluding hydrogens is 338 g/mol. The molecule has 1 aliphatic heterocycles. The van der Waals surface area contributed by atoms with Gasteiger partial charge >= 0.3 is 0 Å². The van der Waals surface area contributed by atoms with Gasteiger partial charge in [0.15, 0.2) is 5.76 Å². The quantitative estimate of drug-likeness (QED) is 0.781. The van der Waals surface area contributed by atoms with Crippen LogP contribution < -0.4 is 5.32 Å². The molecule has 1 unspecified atom stereocenters. The molecule has 2 aromatic rings. The minimum Gasteiger partial charge on any atom is -0.365 e. The third-order valence-corrected chi connectivity index (χ3v) is 5.35. The van der Waals surface area contributed by atoms with Crippen LogP contribution >= 0.6 is 11.3 Å². The molecule has 25 heavy (non-hydrogen) atoms. The zero-order chi connectivity index (χ0) is 17.5. The van der Waals surface area contributed by atoms with Crippen LogP contribution in [0.4, 0.5) is 0 Å². The summed E-state index contributed by atoms with van der Waals surface area (Å²) < 4.78 is 10.7. The Bertz CT molecular complexity index is 656. The summed E-state index contributed by atoms with van der Waals surface area (Å²) in [5.41, 5.74) is 0.693. The van der Waals surface area contributed by atoms with Crippen molar-refractivity contribution in [2.75, 3.05) is 26.2 Å². The summed E-state index contributed by atoms with van der Waals surface area (Å²) in [5, 5.41) is 8.87. The van der Waals surface area contributed by atoms with Crippen LogP contribution in [-0.2, 0) is 16.1 Å². The van der Waals surface area contributed by atoms with Gasteiger partial charge in [0.05, 0.1) is 11.5 Å². The smallest absolute Gasteiger partial charge is 0.246 e. The Morgan fingerprint density at radius 2 is 2.44 bits per heavy atom. The third-order valence-electron chi connectivity index (χ3n) is 4.47. The monoisotopic (exact) mass is 363 g/mol. The molecular formula is C18H25N3O3S. The highest BCUT2D eigenvalue weighted by Crippen LogP contribution is 2.25. The van der Waals surface area contributed by atoms with Crippen LogP contribution in [0.5, 0.6) is 0 Å². The number of thiophene rings is 1. The minimum atomic E-state index is -0.0911. The summed E-state index contributed by atoms with van der Waals surface area (Å²) in [6.45, 7) is 5.26. The van der Waals surface area contributed by atoms with Gasteiger partial charge in [-0.2, -0.15) is 0 Å². The van der Waals surface area contributed by atoms with Gasteiger partial charge in [-0.05, 0) is 37.8 Å². The van der Waals surface area contributed by atoms with E-state index in [0.29, 0.717) is 18.3 Å². The number of amides is 1. The maximum atomic E-state index is 11.9. The molecule has 0 aromatic carbocycles. The molecule has 1 atom stereocenters. The number of nitrogens with zero attached hydrogens (tertiary/aromatic N) is 2. The highest BCUT2D eigenvalue weighted by atomic mass is 32.1. The van der Waals surface area contributed by atoms with Gasteiger partial charge in [0.2, 0.25) is 5.91 Å². The maximum absolute atomic E-state index is 11.9. The summed E-state index contributed by atoms with van der Waals surface area (Å²) in [4.78, 5) is 15.3. The average Bonchev–Trinajstić information content (AvgIpc) is 3.28. The van der Waals surface area contributed by atoms with Crippen LogP contribution in [0.25, 0.3) is 10.6 Å². The molecule has 0 spiro atoms. The first-order chi connectivity index (χ1) is 12.2. The molecule has 1 saturated heterocycles. The van der Waals surface area contributed by atoms with E-state index in [1.54, 1.807) is 11.3 Å². The summed E-state index contributed by atoms with van der Waals surface area (Å²) >= 11 is 1.60. The van der Waals surface area contributed by atoms with Crippen molar-refractivity contribution in [3.05, 3.63) is 29.3 Å². The number of hydrogen-bond donors (Lipinski definition) is 1. The number of hydrogen-bond acceptors (Lipinski definition) is 6. The Hall–Kier alpha value is -1.70. The van der Waals surface area contributed by atoms with E-state index in [1.165, 1.54) is 19.3 Å². The van der Waals surface area contributed by atoms with Gasteiger partial charge in [0, 0.05) is 25.2 Å². The predicted octanol–water partition coefficient (Wildman–Crippen LogP) is 2.91. The highest BCUT2D eigenvalue weighted by Gasteiger charge is 2.17. The van der Waals surface area contributed by atoms with Crippen molar-refractivity contribution in [1.29, 1.82) is 0 Å². The van der Waals surface area contributed by atoms with Crippen molar-refractivity contribution in [3.63, 3.8) is 0 Å². The number of rotatable bonds is 8. The SMILES string of the molecule is CC1CCCCN1CCNC(=O)COCc1cc(-c2cccs2)on1. The third kappa shape index (κ3) is 5.39. The molecule has 136 valence electrons. The van der Waals surface area contributed by atoms with Gasteiger partial charge in [-0.3, -0.25) is 9.69 Å². The number of ether oxygens (including phenoxy) is 1. The average molecular weight is 363 g/mol. The molecule has 1 N–H and O–H groups in total. The molecule has 3 heterocycles. The number of nitrogens with one attached hydrogen (secondary N) is 1. The van der Waals surface area contributed by atoms with E-state index in [9.17, 15) is 4.79 Å². The van der Waals surface area contributed by atoms with E-state index in [0.717, 1.165) is 23.7 Å².